The van der Waals surface area contributed by atoms with E-state index < -0.39 is 0 Å². The van der Waals surface area contributed by atoms with Gasteiger partial charge in [-0.25, -0.2) is 0 Å². The van der Waals surface area contributed by atoms with Crippen molar-refractivity contribution in [3.8, 4) is 0 Å². The number of allylic oxidation sites excluding steroid dienone is 2. The van der Waals surface area contributed by atoms with Gasteiger partial charge in [0, 0.05) is 31.2 Å². The highest BCUT2D eigenvalue weighted by molar-refractivity contribution is 5.79. The lowest BCUT2D eigenvalue weighted by atomic mass is 9.93. The van der Waals surface area contributed by atoms with Crippen LogP contribution in [-0.4, -0.2) is 19.0 Å². The molecule has 1 atom stereocenters. The number of nitrogens with one attached hydrogen (secondary N) is 1. The Kier molecular flexibility index (Phi) is 4.59. The van der Waals surface area contributed by atoms with Crippen LogP contribution >= 0.6 is 0 Å². The third-order valence-electron chi connectivity index (χ3n) is 4.53. The normalized spacial score (nSPS) is 21.5. The molecule has 1 amide bonds. The molecule has 112 valence electrons. The number of amides is 1. The quantitative estimate of drug-likeness (QED) is 0.861. The Balaban J connectivity index is 1.62. The van der Waals surface area contributed by atoms with Crippen molar-refractivity contribution >= 4 is 11.6 Å². The fourth-order valence-electron chi connectivity index (χ4n) is 3.29. The van der Waals surface area contributed by atoms with Crippen LogP contribution in [0.25, 0.3) is 0 Å². The van der Waals surface area contributed by atoms with Gasteiger partial charge in [0.25, 0.3) is 0 Å². The van der Waals surface area contributed by atoms with E-state index in [1.54, 1.807) is 0 Å². The van der Waals surface area contributed by atoms with Crippen molar-refractivity contribution in [2.24, 2.45) is 5.92 Å². The Morgan fingerprint density at radius 2 is 2.00 bits per heavy atom. The van der Waals surface area contributed by atoms with Crippen LogP contribution < -0.4 is 10.2 Å². The first-order valence-electron chi connectivity index (χ1n) is 8.10. The molecular weight excluding hydrogens is 260 g/mol. The van der Waals surface area contributed by atoms with Gasteiger partial charge >= 0.3 is 0 Å². The molecule has 1 aliphatic heterocycles. The van der Waals surface area contributed by atoms with Crippen molar-refractivity contribution in [3.63, 3.8) is 0 Å². The second-order valence-electron chi connectivity index (χ2n) is 6.02. The molecule has 21 heavy (non-hydrogen) atoms. The summed E-state index contributed by atoms with van der Waals surface area (Å²) in [5.74, 6) is 0.365. The second-order valence-corrected chi connectivity index (χ2v) is 6.02. The summed E-state index contributed by atoms with van der Waals surface area (Å²) in [6.45, 7) is 2.92. The van der Waals surface area contributed by atoms with Crippen LogP contribution in [0.5, 0.6) is 0 Å². The smallest absolute Gasteiger partial charge is 0.223 e. The minimum absolute atomic E-state index is 0.161. The molecule has 1 aliphatic carbocycles. The summed E-state index contributed by atoms with van der Waals surface area (Å²) in [5, 5.41) is 3.13. The highest BCUT2D eigenvalue weighted by Crippen LogP contribution is 2.25. The number of para-hydroxylation sites is 1. The van der Waals surface area contributed by atoms with Gasteiger partial charge in [-0.1, -0.05) is 30.4 Å². The van der Waals surface area contributed by atoms with Gasteiger partial charge in [-0.05, 0) is 43.7 Å². The Labute approximate surface area is 127 Å². The number of nitrogens with zero attached hydrogens (tertiary/aromatic N) is 1. The topological polar surface area (TPSA) is 32.3 Å². The van der Waals surface area contributed by atoms with Crippen molar-refractivity contribution in [2.45, 2.75) is 38.6 Å². The average molecular weight is 284 g/mol. The van der Waals surface area contributed by atoms with Gasteiger partial charge in [0.2, 0.25) is 5.91 Å². The SMILES string of the molecule is O=C(NCc1ccccc1N1CCCC1)C1CC=CCC1. The van der Waals surface area contributed by atoms with E-state index in [1.807, 2.05) is 0 Å². The number of hydrogen-bond acceptors (Lipinski definition) is 2. The predicted molar refractivity (Wildman–Crippen MR) is 86.2 cm³/mol. The lowest BCUT2D eigenvalue weighted by Gasteiger charge is -2.22. The van der Waals surface area contributed by atoms with Gasteiger partial charge in [-0.2, -0.15) is 0 Å². The van der Waals surface area contributed by atoms with E-state index in [-0.39, 0.29) is 11.8 Å². The molecule has 1 heterocycles. The lowest BCUT2D eigenvalue weighted by molar-refractivity contribution is -0.125. The van der Waals surface area contributed by atoms with Crippen LogP contribution in [0.2, 0.25) is 0 Å². The summed E-state index contributed by atoms with van der Waals surface area (Å²) >= 11 is 0. The molecule has 0 bridgehead atoms. The predicted octanol–water partition coefficient (Wildman–Crippen LogP) is 3.26. The molecular formula is C18H24N2O. The molecule has 1 N–H and O–H groups in total. The van der Waals surface area contributed by atoms with Crippen molar-refractivity contribution in [1.82, 2.24) is 5.32 Å². The Hall–Kier alpha value is -1.77. The van der Waals surface area contributed by atoms with Crippen LogP contribution in [0.15, 0.2) is 36.4 Å². The van der Waals surface area contributed by atoms with Crippen LogP contribution in [0.3, 0.4) is 0 Å². The van der Waals surface area contributed by atoms with E-state index in [2.05, 4.69) is 46.6 Å². The van der Waals surface area contributed by atoms with Crippen molar-refractivity contribution in [3.05, 3.63) is 42.0 Å². The maximum atomic E-state index is 12.2. The van der Waals surface area contributed by atoms with Crippen molar-refractivity contribution < 1.29 is 4.79 Å². The van der Waals surface area contributed by atoms with E-state index in [0.717, 1.165) is 32.4 Å². The highest BCUT2D eigenvalue weighted by Gasteiger charge is 2.19. The summed E-state index contributed by atoms with van der Waals surface area (Å²) in [6, 6.07) is 8.46. The van der Waals surface area contributed by atoms with Gasteiger partial charge in [-0.15, -0.1) is 0 Å². The molecule has 3 nitrogen and oxygen atoms in total. The molecule has 0 radical (unpaired) electrons. The van der Waals surface area contributed by atoms with Crippen LogP contribution in [0, 0.1) is 5.92 Å². The summed E-state index contributed by atoms with van der Waals surface area (Å²) in [4.78, 5) is 14.7. The number of rotatable bonds is 4. The van der Waals surface area contributed by atoms with E-state index in [9.17, 15) is 4.79 Å². The first-order chi connectivity index (χ1) is 10.3. The minimum Gasteiger partial charge on any atom is -0.371 e. The Bertz CT molecular complexity index is 518. The summed E-state index contributed by atoms with van der Waals surface area (Å²) in [7, 11) is 0. The van der Waals surface area contributed by atoms with Crippen LogP contribution in [-0.2, 0) is 11.3 Å². The third kappa shape index (κ3) is 3.46. The molecule has 1 saturated heterocycles. The molecule has 3 heteroatoms. The summed E-state index contributed by atoms with van der Waals surface area (Å²) in [5.41, 5.74) is 2.53. The monoisotopic (exact) mass is 284 g/mol. The number of carbonyl (C=O) groups excluding carboxylic acids is 1. The Morgan fingerprint density at radius 3 is 2.76 bits per heavy atom. The first kappa shape index (κ1) is 14.2. The standard InChI is InChI=1S/C18H24N2O/c21-18(15-8-2-1-3-9-15)19-14-16-10-4-5-11-17(16)20-12-6-7-13-20/h1-2,4-5,10-11,15H,3,6-9,12-14H2,(H,19,21). The van der Waals surface area contributed by atoms with E-state index in [0.29, 0.717) is 6.54 Å². The molecule has 3 rings (SSSR count). The summed E-state index contributed by atoms with van der Waals surface area (Å²) < 4.78 is 0. The minimum atomic E-state index is 0.161. The number of carbonyl (C=O) groups is 1. The van der Waals surface area contributed by atoms with Gasteiger partial charge in [0.1, 0.15) is 0 Å². The molecule has 1 unspecified atom stereocenters. The van der Waals surface area contributed by atoms with E-state index in [1.165, 1.54) is 24.1 Å². The molecule has 2 aliphatic rings. The molecule has 0 saturated carbocycles. The molecule has 0 spiro atoms. The lowest BCUT2D eigenvalue weighted by Crippen LogP contribution is -2.31. The summed E-state index contributed by atoms with van der Waals surface area (Å²) in [6.07, 6.45) is 9.75. The number of anilines is 1. The van der Waals surface area contributed by atoms with Gasteiger partial charge in [-0.3, -0.25) is 4.79 Å². The molecule has 1 aromatic carbocycles. The fraction of sp³-hybridized carbons (Fsp3) is 0.500. The zero-order valence-corrected chi connectivity index (χ0v) is 12.6. The number of hydrogen-bond donors (Lipinski definition) is 1. The molecule has 1 fully saturated rings. The number of benzene rings is 1. The highest BCUT2D eigenvalue weighted by atomic mass is 16.1. The van der Waals surface area contributed by atoms with Gasteiger partial charge < -0.3 is 10.2 Å². The maximum absolute atomic E-state index is 12.2. The molecule has 0 aromatic heterocycles. The van der Waals surface area contributed by atoms with Crippen LogP contribution in [0.4, 0.5) is 5.69 Å². The second kappa shape index (κ2) is 6.79. The van der Waals surface area contributed by atoms with Crippen LogP contribution in [0.1, 0.15) is 37.7 Å². The van der Waals surface area contributed by atoms with Gasteiger partial charge in [0.05, 0.1) is 0 Å². The van der Waals surface area contributed by atoms with Crippen molar-refractivity contribution in [1.29, 1.82) is 0 Å². The molecule has 1 aromatic rings. The van der Waals surface area contributed by atoms with E-state index >= 15 is 0 Å². The van der Waals surface area contributed by atoms with E-state index in [4.69, 9.17) is 0 Å². The van der Waals surface area contributed by atoms with Crippen molar-refractivity contribution in [2.75, 3.05) is 18.0 Å². The average Bonchev–Trinajstić information content (AvgIpc) is 3.08. The third-order valence-corrected chi connectivity index (χ3v) is 4.53. The first-order valence-corrected chi connectivity index (χ1v) is 8.10. The van der Waals surface area contributed by atoms with Gasteiger partial charge in [0.15, 0.2) is 0 Å². The fourth-order valence-corrected chi connectivity index (χ4v) is 3.29. The zero-order chi connectivity index (χ0) is 14.5. The zero-order valence-electron chi connectivity index (χ0n) is 12.6. The maximum Gasteiger partial charge on any atom is 0.223 e. The Morgan fingerprint density at radius 1 is 1.19 bits per heavy atom. The largest absolute Gasteiger partial charge is 0.371 e.